The highest BCUT2D eigenvalue weighted by molar-refractivity contribution is 7.92. The molecule has 0 aliphatic heterocycles. The maximum absolute atomic E-state index is 11.9. The molecule has 1 N–H and O–H groups in total. The molecule has 1 amide bonds. The van der Waals surface area contributed by atoms with Gasteiger partial charge in [-0.25, -0.2) is 8.42 Å². The first kappa shape index (κ1) is 18.1. The number of anilines is 1. The van der Waals surface area contributed by atoms with E-state index in [-0.39, 0.29) is 24.0 Å². The monoisotopic (exact) mass is 352 g/mol. The van der Waals surface area contributed by atoms with Crippen molar-refractivity contribution in [2.75, 3.05) is 23.7 Å². The summed E-state index contributed by atoms with van der Waals surface area (Å²) < 4.78 is 24.9. The third kappa shape index (κ3) is 5.73. The van der Waals surface area contributed by atoms with Gasteiger partial charge in [-0.05, 0) is 24.6 Å². The Hall–Kier alpha value is -0.980. The molecule has 1 aromatic carbocycles. The number of hydrogen-bond donors (Lipinski definition) is 1. The van der Waals surface area contributed by atoms with Crippen LogP contribution in [-0.4, -0.2) is 33.7 Å². The Kier molecular flexibility index (Phi) is 6.77. The average molecular weight is 353 g/mol. The molecule has 1 aromatic rings. The van der Waals surface area contributed by atoms with Crippen LogP contribution in [0.4, 0.5) is 5.69 Å². The molecule has 0 aliphatic carbocycles. The number of nitrogens with zero attached hydrogens (tertiary/aromatic N) is 1. The molecule has 0 bridgehead atoms. The number of amides is 1. The number of benzene rings is 1. The predicted molar refractivity (Wildman–Crippen MR) is 86.6 cm³/mol. The van der Waals surface area contributed by atoms with Crippen LogP contribution in [0, 0.1) is 0 Å². The SMILES string of the molecule is CCCC(=O)NCCN(c1ccc(Cl)c(Cl)c1)S(C)(=O)=O. The summed E-state index contributed by atoms with van der Waals surface area (Å²) in [6.45, 7) is 2.26. The summed E-state index contributed by atoms with van der Waals surface area (Å²) in [6.07, 6.45) is 2.27. The molecule has 0 radical (unpaired) electrons. The van der Waals surface area contributed by atoms with Gasteiger partial charge < -0.3 is 5.32 Å². The summed E-state index contributed by atoms with van der Waals surface area (Å²) in [5, 5.41) is 3.31. The molecule has 0 fully saturated rings. The molecule has 0 saturated heterocycles. The normalized spacial score (nSPS) is 11.2. The Morgan fingerprint density at radius 2 is 1.95 bits per heavy atom. The van der Waals surface area contributed by atoms with E-state index in [2.05, 4.69) is 5.32 Å². The molecule has 5 nitrogen and oxygen atoms in total. The van der Waals surface area contributed by atoms with Gasteiger partial charge in [-0.15, -0.1) is 0 Å². The first-order valence-corrected chi connectivity index (χ1v) is 9.05. The minimum atomic E-state index is -3.48. The Bertz CT molecular complexity index is 605. The van der Waals surface area contributed by atoms with Gasteiger partial charge in [0.15, 0.2) is 0 Å². The van der Waals surface area contributed by atoms with Crippen molar-refractivity contribution in [3.63, 3.8) is 0 Å². The van der Waals surface area contributed by atoms with Crippen LogP contribution in [-0.2, 0) is 14.8 Å². The summed E-state index contributed by atoms with van der Waals surface area (Å²) >= 11 is 11.7. The summed E-state index contributed by atoms with van der Waals surface area (Å²) in [7, 11) is -3.48. The van der Waals surface area contributed by atoms with E-state index >= 15 is 0 Å². The molecule has 8 heteroatoms. The zero-order valence-corrected chi connectivity index (χ0v) is 14.2. The second kappa shape index (κ2) is 7.87. The van der Waals surface area contributed by atoms with Gasteiger partial charge in [0.1, 0.15) is 0 Å². The second-order valence-corrected chi connectivity index (χ2v) is 7.25. The molecule has 118 valence electrons. The number of rotatable bonds is 7. The Balaban J connectivity index is 2.82. The van der Waals surface area contributed by atoms with Crippen LogP contribution in [0.3, 0.4) is 0 Å². The number of carbonyl (C=O) groups is 1. The molecule has 0 aromatic heterocycles. The van der Waals surface area contributed by atoms with E-state index in [9.17, 15) is 13.2 Å². The van der Waals surface area contributed by atoms with Crippen molar-refractivity contribution in [2.24, 2.45) is 0 Å². The summed E-state index contributed by atoms with van der Waals surface area (Å²) in [5.74, 6) is -0.0971. The Morgan fingerprint density at radius 1 is 1.29 bits per heavy atom. The molecule has 21 heavy (non-hydrogen) atoms. The van der Waals surface area contributed by atoms with Gasteiger partial charge in [0, 0.05) is 13.0 Å². The fraction of sp³-hybridized carbons (Fsp3) is 0.462. The first-order valence-electron chi connectivity index (χ1n) is 6.45. The quantitative estimate of drug-likeness (QED) is 0.820. The van der Waals surface area contributed by atoms with Crippen molar-refractivity contribution >= 4 is 44.8 Å². The molecule has 0 heterocycles. The Morgan fingerprint density at radius 3 is 2.48 bits per heavy atom. The lowest BCUT2D eigenvalue weighted by atomic mass is 10.3. The van der Waals surface area contributed by atoms with Gasteiger partial charge in [-0.2, -0.15) is 0 Å². The molecule has 0 unspecified atom stereocenters. The van der Waals surface area contributed by atoms with Crippen molar-refractivity contribution in [3.05, 3.63) is 28.2 Å². The first-order chi connectivity index (χ1) is 9.75. The van der Waals surface area contributed by atoms with Crippen LogP contribution < -0.4 is 9.62 Å². The van der Waals surface area contributed by atoms with E-state index in [1.165, 1.54) is 16.4 Å². The zero-order chi connectivity index (χ0) is 16.0. The van der Waals surface area contributed by atoms with E-state index in [1.807, 2.05) is 6.92 Å². The molecule has 0 saturated carbocycles. The van der Waals surface area contributed by atoms with Gasteiger partial charge in [0.25, 0.3) is 0 Å². The molecular formula is C13H18Cl2N2O3S. The van der Waals surface area contributed by atoms with Gasteiger partial charge >= 0.3 is 0 Å². The van der Waals surface area contributed by atoms with Crippen LogP contribution in [0.15, 0.2) is 18.2 Å². The van der Waals surface area contributed by atoms with Gasteiger partial charge in [0.2, 0.25) is 15.9 Å². The smallest absolute Gasteiger partial charge is 0.232 e. The lowest BCUT2D eigenvalue weighted by Crippen LogP contribution is -2.38. The average Bonchev–Trinajstić information content (AvgIpc) is 2.37. The van der Waals surface area contributed by atoms with Crippen molar-refractivity contribution in [1.82, 2.24) is 5.32 Å². The Labute approximate surface area is 135 Å². The van der Waals surface area contributed by atoms with Crippen LogP contribution in [0.25, 0.3) is 0 Å². The topological polar surface area (TPSA) is 66.5 Å². The predicted octanol–water partition coefficient (Wildman–Crippen LogP) is 2.68. The standard InChI is InChI=1S/C13H18Cl2N2O3S/c1-3-4-13(18)16-7-8-17(21(2,19)20)10-5-6-11(14)12(15)9-10/h5-6,9H,3-4,7-8H2,1-2H3,(H,16,18). The summed E-state index contributed by atoms with van der Waals surface area (Å²) in [6, 6.07) is 4.59. The summed E-state index contributed by atoms with van der Waals surface area (Å²) in [4.78, 5) is 11.4. The highest BCUT2D eigenvalue weighted by Crippen LogP contribution is 2.28. The number of nitrogens with one attached hydrogen (secondary N) is 1. The molecular weight excluding hydrogens is 335 g/mol. The largest absolute Gasteiger partial charge is 0.354 e. The highest BCUT2D eigenvalue weighted by atomic mass is 35.5. The third-order valence-electron chi connectivity index (χ3n) is 2.71. The van der Waals surface area contributed by atoms with Gasteiger partial charge in [-0.1, -0.05) is 30.1 Å². The fourth-order valence-corrected chi connectivity index (χ4v) is 2.95. The molecule has 1 rings (SSSR count). The van der Waals surface area contributed by atoms with Crippen LogP contribution in [0.2, 0.25) is 10.0 Å². The number of sulfonamides is 1. The van der Waals surface area contributed by atoms with Gasteiger partial charge in [-0.3, -0.25) is 9.10 Å². The van der Waals surface area contributed by atoms with Crippen LogP contribution in [0.5, 0.6) is 0 Å². The maximum Gasteiger partial charge on any atom is 0.232 e. The van der Waals surface area contributed by atoms with Crippen molar-refractivity contribution < 1.29 is 13.2 Å². The minimum Gasteiger partial charge on any atom is -0.354 e. The van der Waals surface area contributed by atoms with Crippen LogP contribution >= 0.6 is 23.2 Å². The van der Waals surface area contributed by atoms with Gasteiger partial charge in [0.05, 0.1) is 28.5 Å². The van der Waals surface area contributed by atoms with Crippen molar-refractivity contribution in [1.29, 1.82) is 0 Å². The van der Waals surface area contributed by atoms with E-state index in [0.29, 0.717) is 17.1 Å². The lowest BCUT2D eigenvalue weighted by Gasteiger charge is -2.23. The second-order valence-electron chi connectivity index (χ2n) is 4.53. The zero-order valence-electron chi connectivity index (χ0n) is 11.9. The molecule has 0 spiro atoms. The highest BCUT2D eigenvalue weighted by Gasteiger charge is 2.18. The van der Waals surface area contributed by atoms with Crippen LogP contribution in [0.1, 0.15) is 19.8 Å². The molecule has 0 atom stereocenters. The summed E-state index contributed by atoms with van der Waals surface area (Å²) in [5.41, 5.74) is 0.414. The lowest BCUT2D eigenvalue weighted by molar-refractivity contribution is -0.121. The van der Waals surface area contributed by atoms with Crippen molar-refractivity contribution in [2.45, 2.75) is 19.8 Å². The van der Waals surface area contributed by atoms with E-state index in [1.54, 1.807) is 6.07 Å². The third-order valence-corrected chi connectivity index (χ3v) is 4.64. The van der Waals surface area contributed by atoms with E-state index < -0.39 is 10.0 Å². The number of carbonyl (C=O) groups excluding carboxylic acids is 1. The maximum atomic E-state index is 11.9. The van der Waals surface area contributed by atoms with E-state index in [0.717, 1.165) is 12.7 Å². The number of halogens is 2. The number of hydrogen-bond acceptors (Lipinski definition) is 3. The van der Waals surface area contributed by atoms with E-state index in [4.69, 9.17) is 23.2 Å². The fourth-order valence-electron chi connectivity index (χ4n) is 1.74. The minimum absolute atomic E-state index is 0.0971. The van der Waals surface area contributed by atoms with Crippen molar-refractivity contribution in [3.8, 4) is 0 Å². The molecule has 0 aliphatic rings.